The number of rotatable bonds is 3. The van der Waals surface area contributed by atoms with Crippen molar-refractivity contribution in [2.45, 2.75) is 0 Å². The van der Waals surface area contributed by atoms with Gasteiger partial charge in [-0.25, -0.2) is 0 Å². The average molecular weight is 355 g/mol. The molecule has 0 aliphatic carbocycles. The Balaban J connectivity index is 2.00. The van der Waals surface area contributed by atoms with Crippen molar-refractivity contribution < 1.29 is 14.7 Å². The van der Waals surface area contributed by atoms with Crippen LogP contribution in [0.1, 0.15) is 20.7 Å². The monoisotopic (exact) mass is 354 g/mol. The van der Waals surface area contributed by atoms with E-state index in [0.29, 0.717) is 21.7 Å². The van der Waals surface area contributed by atoms with Gasteiger partial charge in [-0.2, -0.15) is 0 Å². The Morgan fingerprint density at radius 2 is 1.72 bits per heavy atom. The number of phenolic OH excluding ortho intramolecular Hbond substituents is 1. The van der Waals surface area contributed by atoms with Crippen LogP contribution in [0, 0.1) is 0 Å². The maximum atomic E-state index is 12.5. The molecule has 5 nitrogen and oxygen atoms in total. The number of para-hydroxylation sites is 1. The van der Waals surface area contributed by atoms with E-state index in [4.69, 9.17) is 11.6 Å². The van der Waals surface area contributed by atoms with E-state index in [-0.39, 0.29) is 17.2 Å². The van der Waals surface area contributed by atoms with Crippen LogP contribution in [0.15, 0.2) is 54.6 Å². The number of hydrogen-bond acceptors (Lipinski definition) is 3. The molecule has 0 saturated heterocycles. The van der Waals surface area contributed by atoms with Gasteiger partial charge in [0.25, 0.3) is 11.8 Å². The highest BCUT2D eigenvalue weighted by molar-refractivity contribution is 6.34. The fraction of sp³-hybridized carbons (Fsp3) is 0.0526. The second-order valence-corrected chi connectivity index (χ2v) is 5.85. The molecule has 0 saturated carbocycles. The van der Waals surface area contributed by atoms with Crippen LogP contribution in [0.2, 0.25) is 5.02 Å². The summed E-state index contributed by atoms with van der Waals surface area (Å²) < 4.78 is 0. The van der Waals surface area contributed by atoms with E-state index in [1.807, 2.05) is 0 Å². The third-order valence-electron chi connectivity index (χ3n) is 3.81. The Morgan fingerprint density at radius 1 is 0.960 bits per heavy atom. The van der Waals surface area contributed by atoms with E-state index >= 15 is 0 Å². The number of amides is 2. The van der Waals surface area contributed by atoms with Gasteiger partial charge < -0.3 is 15.7 Å². The molecule has 0 radical (unpaired) electrons. The zero-order valence-corrected chi connectivity index (χ0v) is 14.1. The third kappa shape index (κ3) is 3.41. The minimum Gasteiger partial charge on any atom is -0.507 e. The summed E-state index contributed by atoms with van der Waals surface area (Å²) in [5.41, 5.74) is 1.02. The number of hydrogen-bond donors (Lipinski definition) is 3. The number of carbonyl (C=O) groups is 2. The molecule has 0 heterocycles. The Morgan fingerprint density at radius 3 is 2.44 bits per heavy atom. The first kappa shape index (κ1) is 16.8. The number of benzene rings is 3. The molecule has 0 spiro atoms. The molecule has 6 heteroatoms. The van der Waals surface area contributed by atoms with Gasteiger partial charge in [-0.15, -0.1) is 0 Å². The molecule has 0 aliphatic rings. The number of halogens is 1. The van der Waals surface area contributed by atoms with Gasteiger partial charge in [-0.3, -0.25) is 9.59 Å². The van der Waals surface area contributed by atoms with Crippen LogP contribution in [-0.2, 0) is 0 Å². The molecular weight excluding hydrogens is 340 g/mol. The highest BCUT2D eigenvalue weighted by atomic mass is 35.5. The zero-order chi connectivity index (χ0) is 18.0. The maximum Gasteiger partial charge on any atom is 0.259 e. The summed E-state index contributed by atoms with van der Waals surface area (Å²) in [7, 11) is 1.55. The van der Waals surface area contributed by atoms with Crippen molar-refractivity contribution in [3.63, 3.8) is 0 Å². The molecule has 3 rings (SSSR count). The molecule has 0 aromatic heterocycles. The summed E-state index contributed by atoms with van der Waals surface area (Å²) >= 11 is 6.04. The van der Waals surface area contributed by atoms with Crippen LogP contribution < -0.4 is 10.6 Å². The fourth-order valence-electron chi connectivity index (χ4n) is 2.51. The lowest BCUT2D eigenvalue weighted by atomic mass is 10.0. The molecule has 25 heavy (non-hydrogen) atoms. The minimum atomic E-state index is -0.488. The summed E-state index contributed by atoms with van der Waals surface area (Å²) in [4.78, 5) is 24.3. The van der Waals surface area contributed by atoms with E-state index in [1.54, 1.807) is 55.6 Å². The van der Waals surface area contributed by atoms with Crippen molar-refractivity contribution >= 4 is 39.9 Å². The lowest BCUT2D eigenvalue weighted by Crippen LogP contribution is -2.17. The van der Waals surface area contributed by atoms with Crippen LogP contribution in [0.5, 0.6) is 5.75 Å². The van der Waals surface area contributed by atoms with Crippen LogP contribution in [-0.4, -0.2) is 24.0 Å². The number of nitrogens with one attached hydrogen (secondary N) is 2. The van der Waals surface area contributed by atoms with Crippen LogP contribution >= 0.6 is 11.6 Å². The zero-order valence-electron chi connectivity index (χ0n) is 13.3. The summed E-state index contributed by atoms with van der Waals surface area (Å²) in [5, 5.41) is 17.2. The summed E-state index contributed by atoms with van der Waals surface area (Å²) in [6.45, 7) is 0. The molecular formula is C19H15ClN2O3. The van der Waals surface area contributed by atoms with Crippen LogP contribution in [0.25, 0.3) is 10.8 Å². The number of anilines is 1. The van der Waals surface area contributed by atoms with Gasteiger partial charge >= 0.3 is 0 Å². The first-order valence-electron chi connectivity index (χ1n) is 7.54. The smallest absolute Gasteiger partial charge is 0.259 e. The number of phenols is 1. The predicted octanol–water partition coefficient (Wildman–Crippen LogP) is 3.81. The summed E-state index contributed by atoms with van der Waals surface area (Å²) in [6, 6.07) is 14.9. The summed E-state index contributed by atoms with van der Waals surface area (Å²) in [6.07, 6.45) is 0. The first-order valence-corrected chi connectivity index (χ1v) is 7.92. The maximum absolute atomic E-state index is 12.5. The van der Waals surface area contributed by atoms with Crippen molar-refractivity contribution in [3.05, 3.63) is 70.7 Å². The van der Waals surface area contributed by atoms with Gasteiger partial charge in [0.15, 0.2) is 0 Å². The van der Waals surface area contributed by atoms with E-state index in [1.165, 1.54) is 6.07 Å². The molecule has 3 aromatic rings. The normalized spacial score (nSPS) is 10.5. The Kier molecular flexibility index (Phi) is 4.59. The number of carbonyl (C=O) groups excluding carboxylic acids is 2. The number of fused-ring (bicyclic) bond motifs is 1. The second-order valence-electron chi connectivity index (χ2n) is 5.44. The predicted molar refractivity (Wildman–Crippen MR) is 98.4 cm³/mol. The standard InChI is InChI=1S/C19H15ClN2O3/c1-21-18(24)12-7-6-11-10-17(23)14(9-13(11)8-12)19(25)22-16-5-3-2-4-15(16)20/h2-10,23H,1H3,(H,21,24)(H,22,25). The largest absolute Gasteiger partial charge is 0.507 e. The third-order valence-corrected chi connectivity index (χ3v) is 4.14. The first-order chi connectivity index (χ1) is 12.0. The lowest BCUT2D eigenvalue weighted by Gasteiger charge is -2.10. The van der Waals surface area contributed by atoms with E-state index < -0.39 is 5.91 Å². The van der Waals surface area contributed by atoms with Crippen LogP contribution in [0.3, 0.4) is 0 Å². The highest BCUT2D eigenvalue weighted by Crippen LogP contribution is 2.28. The Bertz CT molecular complexity index is 986. The van der Waals surface area contributed by atoms with Gasteiger partial charge in [0.1, 0.15) is 5.75 Å². The van der Waals surface area contributed by atoms with Gasteiger partial charge in [0, 0.05) is 12.6 Å². The Hall–Kier alpha value is -3.05. The van der Waals surface area contributed by atoms with Crippen molar-refractivity contribution in [2.24, 2.45) is 0 Å². The molecule has 3 N–H and O–H groups in total. The van der Waals surface area contributed by atoms with E-state index in [2.05, 4.69) is 10.6 Å². The van der Waals surface area contributed by atoms with E-state index in [0.717, 1.165) is 5.39 Å². The van der Waals surface area contributed by atoms with Crippen molar-refractivity contribution in [3.8, 4) is 5.75 Å². The molecule has 0 bridgehead atoms. The lowest BCUT2D eigenvalue weighted by molar-refractivity contribution is 0.0962. The molecule has 3 aromatic carbocycles. The second kappa shape index (κ2) is 6.83. The topological polar surface area (TPSA) is 78.4 Å². The van der Waals surface area contributed by atoms with Crippen molar-refractivity contribution in [1.29, 1.82) is 0 Å². The van der Waals surface area contributed by atoms with Gasteiger partial charge in [-0.05, 0) is 47.2 Å². The quantitative estimate of drug-likeness (QED) is 0.669. The van der Waals surface area contributed by atoms with Crippen LogP contribution in [0.4, 0.5) is 5.69 Å². The molecule has 0 atom stereocenters. The molecule has 0 aliphatic heterocycles. The fourth-order valence-corrected chi connectivity index (χ4v) is 2.69. The minimum absolute atomic E-state index is 0.0986. The summed E-state index contributed by atoms with van der Waals surface area (Å²) in [5.74, 6) is -0.861. The average Bonchev–Trinajstić information content (AvgIpc) is 2.62. The Labute approximate surface area is 149 Å². The number of aromatic hydroxyl groups is 1. The molecule has 0 fully saturated rings. The highest BCUT2D eigenvalue weighted by Gasteiger charge is 2.15. The van der Waals surface area contributed by atoms with Gasteiger partial charge in [0.05, 0.1) is 16.3 Å². The van der Waals surface area contributed by atoms with Crippen molar-refractivity contribution in [1.82, 2.24) is 5.32 Å². The molecule has 126 valence electrons. The molecule has 2 amide bonds. The molecule has 0 unspecified atom stereocenters. The van der Waals surface area contributed by atoms with Crippen molar-refractivity contribution in [2.75, 3.05) is 12.4 Å². The van der Waals surface area contributed by atoms with Gasteiger partial charge in [-0.1, -0.05) is 29.8 Å². The van der Waals surface area contributed by atoms with E-state index in [9.17, 15) is 14.7 Å². The SMILES string of the molecule is CNC(=O)c1ccc2cc(O)c(C(=O)Nc3ccccc3Cl)cc2c1. The van der Waals surface area contributed by atoms with Gasteiger partial charge in [0.2, 0.25) is 0 Å².